The van der Waals surface area contributed by atoms with Gasteiger partial charge >= 0.3 is 0 Å². The van der Waals surface area contributed by atoms with E-state index in [1.165, 1.54) is 5.56 Å². The van der Waals surface area contributed by atoms with Crippen LogP contribution in [-0.4, -0.2) is 22.4 Å². The van der Waals surface area contributed by atoms with Crippen molar-refractivity contribution in [3.05, 3.63) is 64.6 Å². The highest BCUT2D eigenvalue weighted by molar-refractivity contribution is 5.78. The zero-order chi connectivity index (χ0) is 17.6. The fourth-order valence-corrected chi connectivity index (χ4v) is 3.65. The van der Waals surface area contributed by atoms with E-state index in [4.69, 9.17) is 9.72 Å². The highest BCUT2D eigenvalue weighted by Crippen LogP contribution is 2.35. The summed E-state index contributed by atoms with van der Waals surface area (Å²) >= 11 is 0. The van der Waals surface area contributed by atoms with Gasteiger partial charge in [-0.1, -0.05) is 18.2 Å². The van der Waals surface area contributed by atoms with Crippen molar-refractivity contribution in [1.82, 2.24) is 14.7 Å². The zero-order valence-electron chi connectivity index (χ0n) is 14.7. The van der Waals surface area contributed by atoms with E-state index in [2.05, 4.69) is 35.0 Å². The number of benzene rings is 1. The molecule has 3 aromatic rings. The number of amides is 1. The maximum absolute atomic E-state index is 12.3. The van der Waals surface area contributed by atoms with Gasteiger partial charge in [-0.15, -0.1) is 0 Å². The van der Waals surface area contributed by atoms with Gasteiger partial charge in [0, 0.05) is 18.5 Å². The summed E-state index contributed by atoms with van der Waals surface area (Å²) in [7, 11) is 1.67. The van der Waals surface area contributed by atoms with Crippen LogP contribution in [0.5, 0.6) is 5.75 Å². The average Bonchev–Trinajstić information content (AvgIpc) is 2.86. The lowest BCUT2D eigenvalue weighted by molar-refractivity contribution is -0.121. The number of fused-ring (bicyclic) bond motifs is 3. The number of nitrogens with zero attached hydrogens (tertiary/aromatic N) is 2. The lowest BCUT2D eigenvalue weighted by Gasteiger charge is -2.17. The molecule has 1 aliphatic heterocycles. The molecule has 0 aliphatic carbocycles. The average molecular weight is 335 g/mol. The molecule has 3 heterocycles. The molecule has 0 saturated heterocycles. The molecule has 0 bridgehead atoms. The molecule has 1 aliphatic rings. The highest BCUT2D eigenvalue weighted by atomic mass is 16.5. The third-order valence-corrected chi connectivity index (χ3v) is 4.87. The topological polar surface area (TPSA) is 55.6 Å². The molecule has 0 saturated carbocycles. The molecule has 0 unspecified atom stereocenters. The minimum atomic E-state index is -0.0288. The molecule has 5 nitrogen and oxygen atoms in total. The summed E-state index contributed by atoms with van der Waals surface area (Å²) in [5, 5.41) is 2.97. The van der Waals surface area contributed by atoms with Crippen LogP contribution in [0.2, 0.25) is 0 Å². The number of carbonyl (C=O) groups excluding carboxylic acids is 1. The van der Waals surface area contributed by atoms with Crippen LogP contribution < -0.4 is 10.1 Å². The number of nitrogens with one attached hydrogen (secondary N) is 1. The molecule has 2 aromatic heterocycles. The van der Waals surface area contributed by atoms with E-state index in [0.717, 1.165) is 33.9 Å². The number of pyridine rings is 1. The number of methoxy groups -OCH3 is 1. The van der Waals surface area contributed by atoms with Gasteiger partial charge in [0.2, 0.25) is 5.91 Å². The van der Waals surface area contributed by atoms with Gasteiger partial charge in [-0.2, -0.15) is 0 Å². The van der Waals surface area contributed by atoms with Crippen molar-refractivity contribution in [2.75, 3.05) is 7.11 Å². The Morgan fingerprint density at radius 1 is 1.24 bits per heavy atom. The molecular formula is C20H21N3O2. The smallest absolute Gasteiger partial charge is 0.221 e. The van der Waals surface area contributed by atoms with Gasteiger partial charge in [-0.3, -0.25) is 4.79 Å². The van der Waals surface area contributed by atoms with Crippen LogP contribution in [0.1, 0.15) is 40.4 Å². The first-order valence-corrected chi connectivity index (χ1v) is 8.45. The van der Waals surface area contributed by atoms with E-state index in [1.54, 1.807) is 7.11 Å². The van der Waals surface area contributed by atoms with Crippen molar-refractivity contribution in [2.24, 2.45) is 0 Å². The Hall–Kier alpha value is -2.82. The van der Waals surface area contributed by atoms with E-state index in [1.807, 2.05) is 25.1 Å². The van der Waals surface area contributed by atoms with Gasteiger partial charge in [-0.05, 0) is 42.7 Å². The Labute approximate surface area is 146 Å². The molecule has 128 valence electrons. The lowest BCUT2D eigenvalue weighted by Crippen LogP contribution is -2.21. The summed E-state index contributed by atoms with van der Waals surface area (Å²) in [6, 6.07) is 10.2. The predicted octanol–water partition coefficient (Wildman–Crippen LogP) is 3.11. The summed E-state index contributed by atoms with van der Waals surface area (Å²) in [6.07, 6.45) is 2.51. The number of aryl methyl sites for hydroxylation is 2. The minimum Gasteiger partial charge on any atom is -0.496 e. The van der Waals surface area contributed by atoms with Crippen molar-refractivity contribution in [2.45, 2.75) is 32.7 Å². The number of ether oxygens (including phenoxy) is 1. The number of hydrogen-bond acceptors (Lipinski definition) is 3. The second kappa shape index (κ2) is 5.92. The molecule has 1 atom stereocenters. The fourth-order valence-electron chi connectivity index (χ4n) is 3.65. The van der Waals surface area contributed by atoms with Crippen LogP contribution >= 0.6 is 0 Å². The first kappa shape index (κ1) is 15.7. The van der Waals surface area contributed by atoms with Gasteiger partial charge < -0.3 is 14.5 Å². The Morgan fingerprint density at radius 3 is 2.84 bits per heavy atom. The summed E-state index contributed by atoms with van der Waals surface area (Å²) < 4.78 is 7.51. The third-order valence-electron chi connectivity index (χ3n) is 4.87. The Morgan fingerprint density at radius 2 is 2.08 bits per heavy atom. The monoisotopic (exact) mass is 335 g/mol. The molecule has 0 fully saturated rings. The SMILES string of the molecule is COc1ccc([C@@H]2CC(=O)NCc3nc4ccc(C)cn4c32)cc1C. The van der Waals surface area contributed by atoms with E-state index in [9.17, 15) is 4.79 Å². The second-order valence-electron chi connectivity index (χ2n) is 6.64. The molecular weight excluding hydrogens is 314 g/mol. The number of aromatic nitrogens is 2. The molecule has 1 aromatic carbocycles. The molecule has 5 heteroatoms. The number of hydrogen-bond donors (Lipinski definition) is 1. The van der Waals surface area contributed by atoms with Crippen molar-refractivity contribution in [3.63, 3.8) is 0 Å². The molecule has 0 radical (unpaired) electrons. The molecule has 25 heavy (non-hydrogen) atoms. The van der Waals surface area contributed by atoms with Crippen molar-refractivity contribution in [1.29, 1.82) is 0 Å². The van der Waals surface area contributed by atoms with Crippen LogP contribution in [0.4, 0.5) is 0 Å². The standard InChI is InChI=1S/C20H21N3O2/c1-12-4-7-18-22-16-10-21-19(24)9-15(20(16)23(18)11-12)14-5-6-17(25-3)13(2)8-14/h4-8,11,15H,9-10H2,1-3H3,(H,21,24)/t15-/m0/s1. The van der Waals surface area contributed by atoms with Crippen molar-refractivity contribution in [3.8, 4) is 5.75 Å². The van der Waals surface area contributed by atoms with Crippen molar-refractivity contribution < 1.29 is 9.53 Å². The summed E-state index contributed by atoms with van der Waals surface area (Å²) in [4.78, 5) is 17.0. The lowest BCUT2D eigenvalue weighted by atomic mass is 9.90. The normalized spacial score (nSPS) is 17.1. The number of carbonyl (C=O) groups is 1. The van der Waals surface area contributed by atoms with Crippen LogP contribution in [0, 0.1) is 13.8 Å². The van der Waals surface area contributed by atoms with E-state index < -0.39 is 0 Å². The maximum Gasteiger partial charge on any atom is 0.221 e. The Balaban J connectivity index is 1.92. The molecule has 4 rings (SSSR count). The minimum absolute atomic E-state index is 0.0288. The van der Waals surface area contributed by atoms with E-state index in [-0.39, 0.29) is 11.8 Å². The van der Waals surface area contributed by atoms with Crippen molar-refractivity contribution >= 4 is 11.6 Å². The quantitative estimate of drug-likeness (QED) is 0.783. The van der Waals surface area contributed by atoms with Gasteiger partial charge in [0.05, 0.1) is 25.0 Å². The van der Waals surface area contributed by atoms with Crippen LogP contribution in [-0.2, 0) is 11.3 Å². The van der Waals surface area contributed by atoms with Gasteiger partial charge in [0.1, 0.15) is 11.4 Å². The zero-order valence-corrected chi connectivity index (χ0v) is 14.7. The van der Waals surface area contributed by atoms with Crippen LogP contribution in [0.25, 0.3) is 5.65 Å². The third kappa shape index (κ3) is 2.65. The second-order valence-corrected chi connectivity index (χ2v) is 6.64. The highest BCUT2D eigenvalue weighted by Gasteiger charge is 2.29. The van der Waals surface area contributed by atoms with E-state index in [0.29, 0.717) is 13.0 Å². The maximum atomic E-state index is 12.3. The number of imidazole rings is 1. The molecule has 0 spiro atoms. The predicted molar refractivity (Wildman–Crippen MR) is 96.0 cm³/mol. The van der Waals surface area contributed by atoms with E-state index >= 15 is 0 Å². The van der Waals surface area contributed by atoms with Gasteiger partial charge in [0.25, 0.3) is 0 Å². The molecule has 1 N–H and O–H groups in total. The summed E-state index contributed by atoms with van der Waals surface area (Å²) in [5.74, 6) is 0.882. The van der Waals surface area contributed by atoms with Crippen LogP contribution in [0.15, 0.2) is 36.5 Å². The van der Waals surface area contributed by atoms with Crippen LogP contribution in [0.3, 0.4) is 0 Å². The van der Waals surface area contributed by atoms with Gasteiger partial charge in [-0.25, -0.2) is 4.98 Å². The number of rotatable bonds is 2. The van der Waals surface area contributed by atoms with Gasteiger partial charge in [0.15, 0.2) is 0 Å². The fraction of sp³-hybridized carbons (Fsp3) is 0.300. The first-order valence-electron chi connectivity index (χ1n) is 8.45. The Bertz CT molecular complexity index is 974. The summed E-state index contributed by atoms with van der Waals surface area (Å²) in [6.45, 7) is 4.57. The first-order chi connectivity index (χ1) is 12.1. The Kier molecular flexibility index (Phi) is 3.71. The largest absolute Gasteiger partial charge is 0.496 e. The molecule has 1 amide bonds. The summed E-state index contributed by atoms with van der Waals surface area (Å²) in [5.41, 5.74) is 6.30.